The highest BCUT2D eigenvalue weighted by Gasteiger charge is 2.25. The Hall–Kier alpha value is -4.91. The van der Waals surface area contributed by atoms with Gasteiger partial charge in [-0.3, -0.25) is 4.79 Å². The zero-order valence-electron chi connectivity index (χ0n) is 26.4. The number of unbranched alkanes of at least 4 members (excludes halogenated alkanes) is 3. The molecule has 0 spiro atoms. The molecule has 0 saturated heterocycles. The summed E-state index contributed by atoms with van der Waals surface area (Å²) in [5.74, 6) is 2.69. The Morgan fingerprint density at radius 3 is 1.89 bits per heavy atom. The van der Waals surface area contributed by atoms with Crippen LogP contribution in [0.1, 0.15) is 49.3 Å². The Balaban J connectivity index is 1.64. The first kappa shape index (κ1) is 31.5. The lowest BCUT2D eigenvalue weighted by Crippen LogP contribution is -2.13. The van der Waals surface area contributed by atoms with E-state index in [4.69, 9.17) is 28.1 Å². The van der Waals surface area contributed by atoms with Crippen LogP contribution in [0.25, 0.3) is 22.3 Å². The summed E-state index contributed by atoms with van der Waals surface area (Å²) in [5, 5.41) is 0.327. The minimum Gasteiger partial charge on any atom is -0.496 e. The first-order valence-corrected chi connectivity index (χ1v) is 15.3. The van der Waals surface area contributed by atoms with Crippen LogP contribution in [-0.2, 0) is 19.6 Å². The van der Waals surface area contributed by atoms with Crippen molar-refractivity contribution in [2.24, 2.45) is 0 Å². The molecule has 0 amide bonds. The maximum absolute atomic E-state index is 14.3. The lowest BCUT2D eigenvalue weighted by molar-refractivity contribution is 0.256. The third kappa shape index (κ3) is 7.26. The molecule has 5 aromatic rings. The zero-order valence-corrected chi connectivity index (χ0v) is 26.4. The highest BCUT2D eigenvalue weighted by Crippen LogP contribution is 2.43. The van der Waals surface area contributed by atoms with Gasteiger partial charge in [0.15, 0.2) is 28.3 Å². The lowest BCUT2D eigenvalue weighted by atomic mass is 9.98. The van der Waals surface area contributed by atoms with E-state index in [1.54, 1.807) is 6.07 Å². The molecule has 0 radical (unpaired) electrons. The quantitative estimate of drug-likeness (QED) is 0.110. The summed E-state index contributed by atoms with van der Waals surface area (Å²) in [6.45, 7) is 2.89. The van der Waals surface area contributed by atoms with Gasteiger partial charge in [0.25, 0.3) is 0 Å². The van der Waals surface area contributed by atoms with Crippen molar-refractivity contribution in [2.75, 3.05) is 21.3 Å². The molecule has 0 saturated carbocycles. The van der Waals surface area contributed by atoms with E-state index < -0.39 is 0 Å². The summed E-state index contributed by atoms with van der Waals surface area (Å²) in [6.07, 6.45) is 4.60. The first-order chi connectivity index (χ1) is 22.1. The molecule has 7 heteroatoms. The Morgan fingerprint density at radius 1 is 0.644 bits per heavy atom. The SMILES string of the molecule is CCCCCCc1c(-c2ccc(OCc3ccccc3)c(OCc3ccccc3)c2)oc2c(OC)c(OC)cc(OC)c2c1=O. The Labute approximate surface area is 264 Å². The second-order valence-electron chi connectivity index (χ2n) is 10.8. The molecule has 0 fully saturated rings. The van der Waals surface area contributed by atoms with E-state index in [1.165, 1.54) is 21.3 Å². The molecule has 1 aromatic heterocycles. The Kier molecular flexibility index (Phi) is 10.6. The van der Waals surface area contributed by atoms with Gasteiger partial charge in [0.05, 0.1) is 21.3 Å². The van der Waals surface area contributed by atoms with Crippen molar-refractivity contribution < 1.29 is 28.1 Å². The number of hydrogen-bond acceptors (Lipinski definition) is 7. The van der Waals surface area contributed by atoms with Crippen LogP contribution in [0.15, 0.2) is 94.1 Å². The molecule has 0 bridgehead atoms. The molecule has 0 unspecified atom stereocenters. The molecule has 1 heterocycles. The standard InChI is InChI=1S/C38H40O7/c1-5-6-7-14-19-29-35(39)34-32(40-2)23-33(41-3)37(42-4)38(34)45-36(29)28-20-21-30(43-24-26-15-10-8-11-16-26)31(22-28)44-25-27-17-12-9-13-18-27/h8-13,15-18,20-23H,5-7,14,19,24-25H2,1-4H3. The molecular weight excluding hydrogens is 568 g/mol. The molecule has 0 atom stereocenters. The van der Waals surface area contributed by atoms with Crippen LogP contribution in [0.2, 0.25) is 0 Å². The summed E-state index contributed by atoms with van der Waals surface area (Å²) in [5.41, 5.74) is 3.45. The van der Waals surface area contributed by atoms with Gasteiger partial charge in [-0.15, -0.1) is 0 Å². The van der Waals surface area contributed by atoms with Crippen LogP contribution in [0, 0.1) is 0 Å². The maximum Gasteiger partial charge on any atom is 0.205 e. The summed E-state index contributed by atoms with van der Waals surface area (Å²) in [7, 11) is 4.59. The van der Waals surface area contributed by atoms with Gasteiger partial charge in [-0.2, -0.15) is 0 Å². The lowest BCUT2D eigenvalue weighted by Gasteiger charge is -2.18. The van der Waals surface area contributed by atoms with Crippen molar-refractivity contribution in [1.29, 1.82) is 0 Å². The Morgan fingerprint density at radius 2 is 1.29 bits per heavy atom. The van der Waals surface area contributed by atoms with Gasteiger partial charge < -0.3 is 28.1 Å². The van der Waals surface area contributed by atoms with Crippen molar-refractivity contribution >= 4 is 11.0 Å². The van der Waals surface area contributed by atoms with Crippen LogP contribution in [-0.4, -0.2) is 21.3 Å². The van der Waals surface area contributed by atoms with E-state index in [0.717, 1.165) is 36.8 Å². The number of methoxy groups -OCH3 is 3. The first-order valence-electron chi connectivity index (χ1n) is 15.3. The fraction of sp³-hybridized carbons (Fsp3) is 0.289. The van der Waals surface area contributed by atoms with Crippen LogP contribution in [0.3, 0.4) is 0 Å². The third-order valence-electron chi connectivity index (χ3n) is 7.75. The predicted molar refractivity (Wildman–Crippen MR) is 177 cm³/mol. The number of hydrogen-bond donors (Lipinski definition) is 0. The summed E-state index contributed by atoms with van der Waals surface area (Å²) in [4.78, 5) is 14.3. The zero-order chi connectivity index (χ0) is 31.6. The molecule has 0 aliphatic heterocycles. The number of ether oxygens (including phenoxy) is 5. The number of rotatable bonds is 15. The molecule has 234 valence electrons. The number of fused-ring (bicyclic) bond motifs is 1. The highest BCUT2D eigenvalue weighted by atomic mass is 16.5. The van der Waals surface area contributed by atoms with E-state index in [2.05, 4.69) is 6.92 Å². The normalized spacial score (nSPS) is 10.9. The second-order valence-corrected chi connectivity index (χ2v) is 10.8. The van der Waals surface area contributed by atoms with E-state index >= 15 is 0 Å². The van der Waals surface area contributed by atoms with Crippen LogP contribution in [0.5, 0.6) is 28.7 Å². The minimum atomic E-state index is -0.156. The van der Waals surface area contributed by atoms with E-state index in [0.29, 0.717) is 70.7 Å². The average molecular weight is 609 g/mol. The van der Waals surface area contributed by atoms with Gasteiger partial charge >= 0.3 is 0 Å². The Bertz CT molecular complexity index is 1760. The summed E-state index contributed by atoms with van der Waals surface area (Å²) in [6, 6.07) is 27.2. The van der Waals surface area contributed by atoms with E-state index in [-0.39, 0.29) is 11.0 Å². The van der Waals surface area contributed by atoms with Crippen LogP contribution in [0.4, 0.5) is 0 Å². The monoisotopic (exact) mass is 608 g/mol. The van der Waals surface area contributed by atoms with Crippen molar-refractivity contribution in [3.8, 4) is 40.1 Å². The molecule has 7 nitrogen and oxygen atoms in total. The van der Waals surface area contributed by atoms with Crippen molar-refractivity contribution in [1.82, 2.24) is 0 Å². The van der Waals surface area contributed by atoms with Crippen molar-refractivity contribution in [3.63, 3.8) is 0 Å². The predicted octanol–water partition coefficient (Wildman–Crippen LogP) is 8.77. The molecule has 0 N–H and O–H groups in total. The van der Waals surface area contributed by atoms with Crippen LogP contribution >= 0.6 is 0 Å². The summed E-state index contributed by atoms with van der Waals surface area (Å²) >= 11 is 0. The van der Waals surface area contributed by atoms with Gasteiger partial charge in [-0.05, 0) is 42.2 Å². The fourth-order valence-corrected chi connectivity index (χ4v) is 5.37. The van der Waals surface area contributed by atoms with Crippen LogP contribution < -0.4 is 29.1 Å². The molecular formula is C38H40O7. The smallest absolute Gasteiger partial charge is 0.205 e. The van der Waals surface area contributed by atoms with Crippen molar-refractivity contribution in [3.05, 3.63) is 112 Å². The highest BCUT2D eigenvalue weighted by molar-refractivity contribution is 5.93. The van der Waals surface area contributed by atoms with Gasteiger partial charge in [-0.1, -0.05) is 86.8 Å². The molecule has 0 aliphatic rings. The second kappa shape index (κ2) is 15.2. The molecule has 4 aromatic carbocycles. The van der Waals surface area contributed by atoms with Gasteiger partial charge in [-0.25, -0.2) is 0 Å². The number of benzene rings is 4. The third-order valence-corrected chi connectivity index (χ3v) is 7.75. The van der Waals surface area contributed by atoms with Gasteiger partial charge in [0.1, 0.15) is 30.1 Å². The minimum absolute atomic E-state index is 0.156. The molecule has 0 aliphatic carbocycles. The largest absolute Gasteiger partial charge is 0.496 e. The maximum atomic E-state index is 14.3. The van der Waals surface area contributed by atoms with Gasteiger partial charge in [0, 0.05) is 17.2 Å². The fourth-order valence-electron chi connectivity index (χ4n) is 5.37. The summed E-state index contributed by atoms with van der Waals surface area (Å²) < 4.78 is 36.1. The topological polar surface area (TPSA) is 76.4 Å². The molecule has 45 heavy (non-hydrogen) atoms. The van der Waals surface area contributed by atoms with Gasteiger partial charge in [0.2, 0.25) is 5.75 Å². The molecule has 5 rings (SSSR count). The van der Waals surface area contributed by atoms with E-state index in [1.807, 2.05) is 78.9 Å². The van der Waals surface area contributed by atoms with E-state index in [9.17, 15) is 4.79 Å². The average Bonchev–Trinajstić information content (AvgIpc) is 3.09. The van der Waals surface area contributed by atoms with Crippen molar-refractivity contribution in [2.45, 2.75) is 52.2 Å².